The third kappa shape index (κ3) is 3.55. The van der Waals surface area contributed by atoms with Gasteiger partial charge in [0, 0.05) is 23.1 Å². The zero-order valence-electron chi connectivity index (χ0n) is 19.8. The number of Topliss-reactive ketones (excluding diaryl/α,β-unsaturated/α-hetero) is 1. The van der Waals surface area contributed by atoms with Gasteiger partial charge in [-0.1, -0.05) is 91.0 Å². The van der Waals surface area contributed by atoms with Gasteiger partial charge in [-0.25, -0.2) is 0 Å². The summed E-state index contributed by atoms with van der Waals surface area (Å²) in [6.45, 7) is 0. The van der Waals surface area contributed by atoms with Crippen LogP contribution in [-0.4, -0.2) is 17.9 Å². The van der Waals surface area contributed by atoms with Crippen molar-refractivity contribution in [3.8, 4) is 12.1 Å². The standard InChI is InChI=1S/C32H25N3O/c33-19-25(20-34)28(23-15-16-23)30-27-18-17-21-9-7-8-14-26(21)35(27)31(29(30)22-10-3-1-4-11-22)32(36)24-12-5-2-6-13-24/h1-14,17-18,23,27,29-31H,15-16H2. The van der Waals surface area contributed by atoms with E-state index in [0.717, 1.165) is 35.2 Å². The van der Waals surface area contributed by atoms with Crippen molar-refractivity contribution >= 4 is 17.5 Å². The van der Waals surface area contributed by atoms with Gasteiger partial charge in [-0.2, -0.15) is 10.5 Å². The average Bonchev–Trinajstić information content (AvgIpc) is 3.72. The first kappa shape index (κ1) is 22.1. The van der Waals surface area contributed by atoms with Gasteiger partial charge in [-0.3, -0.25) is 4.79 Å². The second kappa shape index (κ2) is 8.99. The number of carbonyl (C=O) groups excluding carboxylic acids is 1. The first-order valence-electron chi connectivity index (χ1n) is 12.5. The molecule has 36 heavy (non-hydrogen) atoms. The van der Waals surface area contributed by atoms with Crippen LogP contribution in [0.5, 0.6) is 0 Å². The number of nitrogens with zero attached hydrogens (tertiary/aromatic N) is 3. The van der Waals surface area contributed by atoms with Gasteiger partial charge in [0.15, 0.2) is 5.78 Å². The second-order valence-electron chi connectivity index (χ2n) is 9.78. The van der Waals surface area contributed by atoms with E-state index in [1.165, 1.54) is 0 Å². The zero-order chi connectivity index (χ0) is 24.6. The van der Waals surface area contributed by atoms with E-state index in [-0.39, 0.29) is 35.2 Å². The van der Waals surface area contributed by atoms with E-state index in [0.29, 0.717) is 5.56 Å². The lowest BCUT2D eigenvalue weighted by molar-refractivity contribution is 0.0952. The number of fused-ring (bicyclic) bond motifs is 3. The minimum Gasteiger partial charge on any atom is -0.353 e. The Hall–Kier alpha value is -4.41. The van der Waals surface area contributed by atoms with Crippen molar-refractivity contribution in [1.29, 1.82) is 10.5 Å². The Bertz CT molecular complexity index is 1440. The van der Waals surface area contributed by atoms with Crippen molar-refractivity contribution in [2.75, 3.05) is 4.90 Å². The average molecular weight is 468 g/mol. The molecule has 3 aromatic carbocycles. The summed E-state index contributed by atoms with van der Waals surface area (Å²) < 4.78 is 0. The van der Waals surface area contributed by atoms with Crippen molar-refractivity contribution in [1.82, 2.24) is 0 Å². The van der Waals surface area contributed by atoms with Crippen LogP contribution in [0.25, 0.3) is 6.08 Å². The Morgan fingerprint density at radius 1 is 0.833 bits per heavy atom. The highest BCUT2D eigenvalue weighted by Gasteiger charge is 2.56. The Morgan fingerprint density at radius 3 is 2.14 bits per heavy atom. The van der Waals surface area contributed by atoms with Crippen LogP contribution in [0.15, 0.2) is 102 Å². The molecule has 4 heteroatoms. The molecule has 4 unspecified atom stereocenters. The number of hydrogen-bond acceptors (Lipinski definition) is 4. The molecule has 0 spiro atoms. The Balaban J connectivity index is 1.63. The van der Waals surface area contributed by atoms with E-state index in [2.05, 4.69) is 53.5 Å². The minimum atomic E-state index is -0.469. The number of para-hydroxylation sites is 1. The van der Waals surface area contributed by atoms with E-state index in [1.807, 2.05) is 60.7 Å². The molecule has 0 aromatic heterocycles. The summed E-state index contributed by atoms with van der Waals surface area (Å²) in [6, 6.07) is 31.6. The van der Waals surface area contributed by atoms with E-state index < -0.39 is 6.04 Å². The fraction of sp³-hybridized carbons (Fsp3) is 0.219. The molecule has 2 heterocycles. The van der Waals surface area contributed by atoms with E-state index in [1.54, 1.807) is 0 Å². The van der Waals surface area contributed by atoms with Gasteiger partial charge < -0.3 is 4.90 Å². The summed E-state index contributed by atoms with van der Waals surface area (Å²) in [5.41, 5.74) is 4.97. The maximum Gasteiger partial charge on any atom is 0.185 e. The van der Waals surface area contributed by atoms with E-state index in [4.69, 9.17) is 0 Å². The van der Waals surface area contributed by atoms with Crippen LogP contribution in [0.3, 0.4) is 0 Å². The second-order valence-corrected chi connectivity index (χ2v) is 9.78. The minimum absolute atomic E-state index is 0.0627. The summed E-state index contributed by atoms with van der Waals surface area (Å²) in [4.78, 5) is 16.6. The number of rotatable bonds is 5. The number of ketones is 1. The summed E-state index contributed by atoms with van der Waals surface area (Å²) in [7, 11) is 0. The molecule has 0 radical (unpaired) electrons. The SMILES string of the molecule is N#CC(C#N)=C(C1CC1)C1C(c2ccccc2)C(C(=O)c2ccccc2)N2c3ccccc3C=CC12. The number of hydrogen-bond donors (Lipinski definition) is 0. The number of allylic oxidation sites excluding steroid dienone is 1. The topological polar surface area (TPSA) is 67.9 Å². The molecule has 1 saturated carbocycles. The monoisotopic (exact) mass is 467 g/mol. The first-order valence-corrected chi connectivity index (χ1v) is 12.5. The van der Waals surface area contributed by atoms with Gasteiger partial charge in [-0.15, -0.1) is 0 Å². The van der Waals surface area contributed by atoms with Crippen molar-refractivity contribution in [3.05, 3.63) is 119 Å². The molecule has 0 N–H and O–H groups in total. The largest absolute Gasteiger partial charge is 0.353 e. The number of anilines is 1. The van der Waals surface area contributed by atoms with Crippen LogP contribution in [0.2, 0.25) is 0 Å². The van der Waals surface area contributed by atoms with Gasteiger partial charge in [0.1, 0.15) is 23.8 Å². The van der Waals surface area contributed by atoms with Crippen molar-refractivity contribution in [2.45, 2.75) is 30.8 Å². The molecule has 3 aromatic rings. The molecule has 2 aliphatic heterocycles. The molecule has 4 atom stereocenters. The molecule has 1 aliphatic carbocycles. The molecule has 174 valence electrons. The van der Waals surface area contributed by atoms with Crippen LogP contribution >= 0.6 is 0 Å². The van der Waals surface area contributed by atoms with Crippen LogP contribution in [0.1, 0.15) is 40.2 Å². The predicted molar refractivity (Wildman–Crippen MR) is 140 cm³/mol. The highest BCUT2D eigenvalue weighted by molar-refractivity contribution is 6.04. The fourth-order valence-corrected chi connectivity index (χ4v) is 6.23. The normalized spacial score (nSPS) is 23.7. The number of nitriles is 2. The van der Waals surface area contributed by atoms with Crippen molar-refractivity contribution in [2.24, 2.45) is 11.8 Å². The quantitative estimate of drug-likeness (QED) is 0.326. The van der Waals surface area contributed by atoms with Gasteiger partial charge in [0.05, 0.1) is 6.04 Å². The third-order valence-electron chi connectivity index (χ3n) is 7.80. The molecule has 1 saturated heterocycles. The van der Waals surface area contributed by atoms with Crippen LogP contribution in [0.4, 0.5) is 5.69 Å². The summed E-state index contributed by atoms with van der Waals surface area (Å²) in [6.07, 6.45) is 6.26. The number of carbonyl (C=O) groups is 1. The van der Waals surface area contributed by atoms with Crippen molar-refractivity contribution < 1.29 is 4.79 Å². The highest BCUT2D eigenvalue weighted by Crippen LogP contribution is 2.56. The molecule has 4 nitrogen and oxygen atoms in total. The lowest BCUT2D eigenvalue weighted by Gasteiger charge is -2.36. The van der Waals surface area contributed by atoms with E-state index in [9.17, 15) is 15.3 Å². The Kier molecular flexibility index (Phi) is 5.51. The Morgan fingerprint density at radius 2 is 1.47 bits per heavy atom. The summed E-state index contributed by atoms with van der Waals surface area (Å²) in [5.74, 6) is -0.0790. The van der Waals surface area contributed by atoms with Crippen LogP contribution < -0.4 is 4.90 Å². The molecular weight excluding hydrogens is 442 g/mol. The lowest BCUT2D eigenvalue weighted by Crippen LogP contribution is -2.43. The molecule has 3 aliphatic rings. The molecule has 0 amide bonds. The van der Waals surface area contributed by atoms with E-state index >= 15 is 0 Å². The zero-order valence-corrected chi connectivity index (χ0v) is 19.8. The van der Waals surface area contributed by atoms with Crippen molar-refractivity contribution in [3.63, 3.8) is 0 Å². The van der Waals surface area contributed by atoms with Gasteiger partial charge in [0.2, 0.25) is 0 Å². The predicted octanol–water partition coefficient (Wildman–Crippen LogP) is 6.31. The highest BCUT2D eigenvalue weighted by atomic mass is 16.1. The molecule has 0 bridgehead atoms. The lowest BCUT2D eigenvalue weighted by atomic mass is 9.73. The Labute approximate surface area is 211 Å². The van der Waals surface area contributed by atoms with Crippen LogP contribution in [0, 0.1) is 34.5 Å². The third-order valence-corrected chi connectivity index (χ3v) is 7.80. The van der Waals surface area contributed by atoms with Gasteiger partial charge >= 0.3 is 0 Å². The first-order chi connectivity index (χ1) is 17.7. The smallest absolute Gasteiger partial charge is 0.185 e. The summed E-state index contributed by atoms with van der Waals surface area (Å²) >= 11 is 0. The fourth-order valence-electron chi connectivity index (χ4n) is 6.23. The molecule has 6 rings (SSSR count). The maximum atomic E-state index is 14.3. The maximum absolute atomic E-state index is 14.3. The van der Waals surface area contributed by atoms with Gasteiger partial charge in [-0.05, 0) is 41.5 Å². The molecular formula is C32H25N3O. The molecule has 2 fully saturated rings. The summed E-state index contributed by atoms with van der Waals surface area (Å²) in [5, 5.41) is 19.9. The van der Waals surface area contributed by atoms with Crippen LogP contribution in [-0.2, 0) is 0 Å². The number of benzene rings is 3. The van der Waals surface area contributed by atoms with Gasteiger partial charge in [0.25, 0.3) is 0 Å².